The number of sulfonamides is 1. The predicted octanol–water partition coefficient (Wildman–Crippen LogP) is 0.617. The summed E-state index contributed by atoms with van der Waals surface area (Å²) in [7, 11) is -3.45. The molecule has 2 saturated heterocycles. The average molecular weight is 324 g/mol. The van der Waals surface area contributed by atoms with Crippen molar-refractivity contribution in [1.82, 2.24) is 9.21 Å². The molecule has 2 aliphatic rings. The summed E-state index contributed by atoms with van der Waals surface area (Å²) in [6.45, 7) is 4.32. The van der Waals surface area contributed by atoms with Gasteiger partial charge in [0.1, 0.15) is 6.04 Å². The van der Waals surface area contributed by atoms with Crippen LogP contribution in [0, 0.1) is 6.92 Å². The summed E-state index contributed by atoms with van der Waals surface area (Å²) >= 11 is 0. The van der Waals surface area contributed by atoms with E-state index in [1.807, 2.05) is 11.8 Å². The Morgan fingerprint density at radius 2 is 1.73 bits per heavy atom. The molecule has 0 radical (unpaired) electrons. The van der Waals surface area contributed by atoms with Crippen LogP contribution in [-0.2, 0) is 19.6 Å². The molecule has 0 bridgehead atoms. The maximum absolute atomic E-state index is 12.6. The summed E-state index contributed by atoms with van der Waals surface area (Å²) in [6.07, 6.45) is 0.698. The molecule has 1 aromatic rings. The van der Waals surface area contributed by atoms with E-state index >= 15 is 0 Å². The molecule has 3 rings (SSSR count). The van der Waals surface area contributed by atoms with Crippen LogP contribution >= 0.6 is 0 Å². The lowest BCUT2D eigenvalue weighted by atomic mass is 10.2. The molecule has 22 heavy (non-hydrogen) atoms. The van der Waals surface area contributed by atoms with Gasteiger partial charge in [0.25, 0.3) is 0 Å². The van der Waals surface area contributed by atoms with E-state index < -0.39 is 10.0 Å². The van der Waals surface area contributed by atoms with Gasteiger partial charge in [0.15, 0.2) is 0 Å². The second-order valence-corrected chi connectivity index (χ2v) is 7.66. The first kappa shape index (κ1) is 15.5. The van der Waals surface area contributed by atoms with Gasteiger partial charge in [-0.05, 0) is 19.1 Å². The van der Waals surface area contributed by atoms with Crippen molar-refractivity contribution < 1.29 is 17.9 Å². The number of hydrogen-bond donors (Lipinski definition) is 0. The van der Waals surface area contributed by atoms with Gasteiger partial charge in [-0.1, -0.05) is 17.7 Å². The van der Waals surface area contributed by atoms with Crippen LogP contribution in [-0.4, -0.2) is 62.4 Å². The van der Waals surface area contributed by atoms with Gasteiger partial charge in [0.2, 0.25) is 10.0 Å². The Balaban J connectivity index is 1.68. The minimum atomic E-state index is -3.45. The van der Waals surface area contributed by atoms with Crippen LogP contribution in [0.3, 0.4) is 0 Å². The first-order valence-electron chi connectivity index (χ1n) is 7.46. The molecule has 1 atom stereocenters. The summed E-state index contributed by atoms with van der Waals surface area (Å²) in [5.74, 6) is -0.185. The smallest absolute Gasteiger partial charge is 0.323 e. The van der Waals surface area contributed by atoms with E-state index in [2.05, 4.69) is 0 Å². The van der Waals surface area contributed by atoms with Crippen LogP contribution < -0.4 is 0 Å². The van der Waals surface area contributed by atoms with Gasteiger partial charge in [-0.3, -0.25) is 9.69 Å². The zero-order valence-electron chi connectivity index (χ0n) is 12.6. The quantitative estimate of drug-likeness (QED) is 0.763. The van der Waals surface area contributed by atoms with Gasteiger partial charge >= 0.3 is 5.97 Å². The summed E-state index contributed by atoms with van der Waals surface area (Å²) in [4.78, 5) is 14.0. The summed E-state index contributed by atoms with van der Waals surface area (Å²) in [5.41, 5.74) is 1.03. The second-order valence-electron chi connectivity index (χ2n) is 5.73. The number of ether oxygens (including phenoxy) is 1. The predicted molar refractivity (Wildman–Crippen MR) is 80.9 cm³/mol. The van der Waals surface area contributed by atoms with Crippen molar-refractivity contribution in [2.75, 3.05) is 32.8 Å². The Kier molecular flexibility index (Phi) is 4.20. The Bertz CT molecular complexity index is 649. The van der Waals surface area contributed by atoms with Crippen molar-refractivity contribution >= 4 is 16.0 Å². The van der Waals surface area contributed by atoms with Crippen LogP contribution in [0.1, 0.15) is 12.0 Å². The lowest BCUT2D eigenvalue weighted by Gasteiger charge is -2.35. The molecule has 0 spiro atoms. The number of benzene rings is 1. The molecular formula is C15H20N2O4S. The third kappa shape index (κ3) is 2.88. The van der Waals surface area contributed by atoms with Crippen molar-refractivity contribution in [3.8, 4) is 0 Å². The molecule has 1 aromatic carbocycles. The molecule has 2 aliphatic heterocycles. The van der Waals surface area contributed by atoms with Crippen molar-refractivity contribution in [3.63, 3.8) is 0 Å². The molecule has 120 valence electrons. The standard InChI is InChI=1S/C15H20N2O4S/c1-12-2-4-13(5-3-12)22(19,20)17-9-7-16(8-10-17)14-6-11-21-15(14)18/h2-5,14H,6-11H2,1H3/t14-/m0/s1. The second kappa shape index (κ2) is 5.98. The number of nitrogens with zero attached hydrogens (tertiary/aromatic N) is 2. The molecule has 2 heterocycles. The molecule has 0 saturated carbocycles. The highest BCUT2D eigenvalue weighted by atomic mass is 32.2. The molecule has 2 fully saturated rings. The minimum absolute atomic E-state index is 0.185. The lowest BCUT2D eigenvalue weighted by molar-refractivity contribution is -0.142. The monoisotopic (exact) mass is 324 g/mol. The van der Waals surface area contributed by atoms with Gasteiger partial charge in [0.05, 0.1) is 11.5 Å². The summed E-state index contributed by atoms with van der Waals surface area (Å²) in [6, 6.07) is 6.69. The molecule has 0 aromatic heterocycles. The molecule has 7 heteroatoms. The zero-order chi connectivity index (χ0) is 15.7. The maximum atomic E-state index is 12.6. The number of carbonyl (C=O) groups is 1. The van der Waals surface area contributed by atoms with Crippen LogP contribution in [0.5, 0.6) is 0 Å². The SMILES string of the molecule is Cc1ccc(S(=O)(=O)N2CCN([C@H]3CCOC3=O)CC2)cc1. The van der Waals surface area contributed by atoms with Crippen LogP contribution in [0.2, 0.25) is 0 Å². The highest BCUT2D eigenvalue weighted by Crippen LogP contribution is 2.21. The molecule has 0 unspecified atom stereocenters. The Labute approximate surface area is 130 Å². The third-order valence-corrected chi connectivity index (χ3v) is 6.19. The lowest BCUT2D eigenvalue weighted by Crippen LogP contribution is -2.52. The zero-order valence-corrected chi connectivity index (χ0v) is 13.4. The Morgan fingerprint density at radius 3 is 2.27 bits per heavy atom. The first-order valence-corrected chi connectivity index (χ1v) is 8.90. The number of cyclic esters (lactones) is 1. The van der Waals surface area contributed by atoms with Crippen molar-refractivity contribution in [3.05, 3.63) is 29.8 Å². The van der Waals surface area contributed by atoms with Crippen molar-refractivity contribution in [1.29, 1.82) is 0 Å². The summed E-state index contributed by atoms with van der Waals surface area (Å²) < 4.78 is 31.7. The Morgan fingerprint density at radius 1 is 1.09 bits per heavy atom. The highest BCUT2D eigenvalue weighted by Gasteiger charge is 2.36. The molecule has 6 nitrogen and oxygen atoms in total. The van der Waals surface area contributed by atoms with E-state index in [0.29, 0.717) is 44.1 Å². The fraction of sp³-hybridized carbons (Fsp3) is 0.533. The molecule has 0 amide bonds. The fourth-order valence-electron chi connectivity index (χ4n) is 2.93. The van der Waals surface area contributed by atoms with Crippen LogP contribution in [0.4, 0.5) is 0 Å². The van der Waals surface area contributed by atoms with Gasteiger partial charge in [0, 0.05) is 32.6 Å². The van der Waals surface area contributed by atoms with E-state index in [1.165, 1.54) is 4.31 Å². The molecule has 0 N–H and O–H groups in total. The third-order valence-electron chi connectivity index (χ3n) is 4.28. The number of aryl methyl sites for hydroxylation is 1. The number of rotatable bonds is 3. The first-order chi connectivity index (χ1) is 10.5. The normalized spacial score (nSPS) is 24.4. The number of hydrogen-bond acceptors (Lipinski definition) is 5. The molecule has 0 aliphatic carbocycles. The van der Waals surface area contributed by atoms with E-state index in [0.717, 1.165) is 5.56 Å². The van der Waals surface area contributed by atoms with Gasteiger partial charge < -0.3 is 4.74 Å². The van der Waals surface area contributed by atoms with Crippen LogP contribution in [0.15, 0.2) is 29.2 Å². The van der Waals surface area contributed by atoms with Gasteiger partial charge in [-0.25, -0.2) is 8.42 Å². The average Bonchev–Trinajstić information content (AvgIpc) is 2.94. The van der Waals surface area contributed by atoms with E-state index in [-0.39, 0.29) is 12.0 Å². The number of piperazine rings is 1. The fourth-order valence-corrected chi connectivity index (χ4v) is 4.35. The van der Waals surface area contributed by atoms with Gasteiger partial charge in [-0.15, -0.1) is 0 Å². The van der Waals surface area contributed by atoms with Crippen molar-refractivity contribution in [2.45, 2.75) is 24.3 Å². The Hall–Kier alpha value is -1.44. The van der Waals surface area contributed by atoms with E-state index in [9.17, 15) is 13.2 Å². The van der Waals surface area contributed by atoms with E-state index in [1.54, 1.807) is 24.3 Å². The van der Waals surface area contributed by atoms with Crippen molar-refractivity contribution in [2.24, 2.45) is 0 Å². The maximum Gasteiger partial charge on any atom is 0.323 e. The van der Waals surface area contributed by atoms with E-state index in [4.69, 9.17) is 4.74 Å². The highest BCUT2D eigenvalue weighted by molar-refractivity contribution is 7.89. The van der Waals surface area contributed by atoms with Gasteiger partial charge in [-0.2, -0.15) is 4.31 Å². The number of esters is 1. The largest absolute Gasteiger partial charge is 0.464 e. The molecular weight excluding hydrogens is 304 g/mol. The van der Waals surface area contributed by atoms with Crippen LogP contribution in [0.25, 0.3) is 0 Å². The topological polar surface area (TPSA) is 66.9 Å². The minimum Gasteiger partial charge on any atom is -0.464 e. The number of carbonyl (C=O) groups excluding carboxylic acids is 1. The summed E-state index contributed by atoms with van der Waals surface area (Å²) in [5, 5.41) is 0.